The fourth-order valence-corrected chi connectivity index (χ4v) is 3.86. The summed E-state index contributed by atoms with van der Waals surface area (Å²) in [6.45, 7) is 0.609. The molecule has 0 radical (unpaired) electrons. The zero-order valence-corrected chi connectivity index (χ0v) is 15.4. The number of nitrogens with zero attached hydrogens (tertiary/aromatic N) is 2. The second-order valence-electron chi connectivity index (χ2n) is 5.59. The molecular weight excluding hydrogens is 372 g/mol. The van der Waals surface area contributed by atoms with E-state index >= 15 is 0 Å². The van der Waals surface area contributed by atoms with Gasteiger partial charge in [0.2, 0.25) is 12.7 Å². The number of thiocarbonyl (C=S) groups is 1. The van der Waals surface area contributed by atoms with E-state index in [1.54, 1.807) is 30.3 Å². The van der Waals surface area contributed by atoms with Crippen LogP contribution >= 0.6 is 24.0 Å². The molecule has 0 N–H and O–H groups in total. The van der Waals surface area contributed by atoms with Crippen molar-refractivity contribution in [3.8, 4) is 17.4 Å². The first-order valence-electron chi connectivity index (χ1n) is 7.78. The minimum atomic E-state index is -0.117. The number of ether oxygens (including phenoxy) is 3. The average Bonchev–Trinajstić information content (AvgIpc) is 3.22. The molecule has 1 aromatic carbocycles. The summed E-state index contributed by atoms with van der Waals surface area (Å²) in [6.07, 6.45) is 3.44. The summed E-state index contributed by atoms with van der Waals surface area (Å²) in [7, 11) is 1.56. The van der Waals surface area contributed by atoms with Gasteiger partial charge in [0.05, 0.1) is 18.6 Å². The predicted molar refractivity (Wildman–Crippen MR) is 102 cm³/mol. The summed E-state index contributed by atoms with van der Waals surface area (Å²) in [5, 5.41) is 0. The van der Waals surface area contributed by atoms with Crippen LogP contribution in [0.5, 0.6) is 17.4 Å². The number of pyridine rings is 1. The van der Waals surface area contributed by atoms with Crippen LogP contribution in [0.4, 0.5) is 0 Å². The summed E-state index contributed by atoms with van der Waals surface area (Å²) in [4.78, 5) is 19.0. The van der Waals surface area contributed by atoms with Gasteiger partial charge in [-0.1, -0.05) is 30.0 Å². The molecule has 0 unspecified atom stereocenters. The largest absolute Gasteiger partial charge is 0.481 e. The Labute approximate surface area is 159 Å². The van der Waals surface area contributed by atoms with Crippen LogP contribution < -0.4 is 14.2 Å². The Morgan fingerprint density at radius 1 is 1.31 bits per heavy atom. The molecule has 26 heavy (non-hydrogen) atoms. The minimum Gasteiger partial charge on any atom is -0.481 e. The molecule has 2 aliphatic rings. The summed E-state index contributed by atoms with van der Waals surface area (Å²) >= 11 is 6.67. The molecule has 2 aromatic rings. The third-order valence-corrected chi connectivity index (χ3v) is 5.30. The molecule has 132 valence electrons. The maximum Gasteiger partial charge on any atom is 0.266 e. The number of amides is 1. The Balaban J connectivity index is 1.52. The molecule has 1 fully saturated rings. The van der Waals surface area contributed by atoms with E-state index in [9.17, 15) is 4.79 Å². The number of methoxy groups -OCH3 is 1. The highest BCUT2D eigenvalue weighted by Gasteiger charge is 2.32. The minimum absolute atomic E-state index is 0.117. The average molecular weight is 386 g/mol. The maximum absolute atomic E-state index is 12.7. The first-order valence-corrected chi connectivity index (χ1v) is 9.00. The zero-order valence-electron chi connectivity index (χ0n) is 13.8. The van der Waals surface area contributed by atoms with Gasteiger partial charge in [0.25, 0.3) is 5.91 Å². The summed E-state index contributed by atoms with van der Waals surface area (Å²) < 4.78 is 16.3. The smallest absolute Gasteiger partial charge is 0.266 e. The Bertz CT molecular complexity index is 912. The molecule has 0 aliphatic carbocycles. The van der Waals surface area contributed by atoms with E-state index in [0.717, 1.165) is 11.1 Å². The van der Waals surface area contributed by atoms with Crippen LogP contribution in [0.1, 0.15) is 11.1 Å². The van der Waals surface area contributed by atoms with Gasteiger partial charge < -0.3 is 14.2 Å². The molecular formula is C18H14N2O4S2. The van der Waals surface area contributed by atoms with Crippen molar-refractivity contribution in [1.82, 2.24) is 9.88 Å². The van der Waals surface area contributed by atoms with Crippen molar-refractivity contribution in [2.75, 3.05) is 13.9 Å². The third kappa shape index (κ3) is 3.25. The lowest BCUT2D eigenvalue weighted by molar-refractivity contribution is -0.122. The fourth-order valence-electron chi connectivity index (χ4n) is 2.61. The molecule has 6 nitrogen and oxygen atoms in total. The van der Waals surface area contributed by atoms with Gasteiger partial charge in [-0.15, -0.1) is 0 Å². The van der Waals surface area contributed by atoms with Gasteiger partial charge in [-0.25, -0.2) is 4.98 Å². The van der Waals surface area contributed by atoms with Gasteiger partial charge in [-0.2, -0.15) is 0 Å². The first kappa shape index (κ1) is 16.9. The highest BCUT2D eigenvalue weighted by molar-refractivity contribution is 8.26. The van der Waals surface area contributed by atoms with Crippen molar-refractivity contribution in [3.63, 3.8) is 0 Å². The predicted octanol–water partition coefficient (Wildman–Crippen LogP) is 3.22. The molecule has 0 bridgehead atoms. The SMILES string of the molecule is COc1ccc(C=C2SC(=S)N(Cc3ccc4c(c3)OCO4)C2=O)cn1. The Kier molecular flexibility index (Phi) is 4.52. The van der Waals surface area contributed by atoms with Gasteiger partial charge in [0.15, 0.2) is 11.5 Å². The van der Waals surface area contributed by atoms with Crippen LogP contribution in [-0.2, 0) is 11.3 Å². The maximum atomic E-state index is 12.7. The second kappa shape index (κ2) is 6.97. The van der Waals surface area contributed by atoms with Gasteiger partial charge in [0.1, 0.15) is 4.32 Å². The lowest BCUT2D eigenvalue weighted by atomic mass is 10.2. The molecule has 0 spiro atoms. The number of hydrogen-bond acceptors (Lipinski definition) is 7. The van der Waals surface area contributed by atoms with Crippen LogP contribution in [0, 0.1) is 0 Å². The number of carbonyl (C=O) groups excluding carboxylic acids is 1. The Morgan fingerprint density at radius 2 is 2.15 bits per heavy atom. The molecule has 1 saturated heterocycles. The third-order valence-electron chi connectivity index (χ3n) is 3.92. The molecule has 0 atom stereocenters. The summed E-state index contributed by atoms with van der Waals surface area (Å²) in [6, 6.07) is 9.21. The Hall–Kier alpha value is -2.58. The topological polar surface area (TPSA) is 60.9 Å². The number of thioether (sulfide) groups is 1. The van der Waals surface area contributed by atoms with Crippen LogP contribution in [0.3, 0.4) is 0 Å². The highest BCUT2D eigenvalue weighted by Crippen LogP contribution is 2.36. The summed E-state index contributed by atoms with van der Waals surface area (Å²) in [5.41, 5.74) is 1.74. The van der Waals surface area contributed by atoms with Crippen LogP contribution in [-0.4, -0.2) is 34.0 Å². The molecule has 0 saturated carbocycles. The molecule has 1 amide bonds. The summed E-state index contributed by atoms with van der Waals surface area (Å²) in [5.74, 6) is 1.81. The van der Waals surface area contributed by atoms with Gasteiger partial charge in [0, 0.05) is 12.3 Å². The Morgan fingerprint density at radius 3 is 2.92 bits per heavy atom. The number of hydrogen-bond donors (Lipinski definition) is 0. The zero-order chi connectivity index (χ0) is 18.1. The van der Waals surface area contributed by atoms with Crippen molar-refractivity contribution >= 4 is 40.3 Å². The number of rotatable bonds is 4. The van der Waals surface area contributed by atoms with Crippen LogP contribution in [0.2, 0.25) is 0 Å². The second-order valence-corrected chi connectivity index (χ2v) is 7.27. The van der Waals surface area contributed by atoms with E-state index in [2.05, 4.69) is 4.98 Å². The molecule has 3 heterocycles. The van der Waals surface area contributed by atoms with Crippen molar-refractivity contribution in [2.45, 2.75) is 6.54 Å². The number of benzene rings is 1. The monoisotopic (exact) mass is 386 g/mol. The van der Waals surface area contributed by atoms with Crippen LogP contribution in [0.15, 0.2) is 41.4 Å². The number of aromatic nitrogens is 1. The fraction of sp³-hybridized carbons (Fsp3) is 0.167. The molecule has 4 rings (SSSR count). The lowest BCUT2D eigenvalue weighted by Gasteiger charge is -2.14. The van der Waals surface area contributed by atoms with Gasteiger partial charge >= 0.3 is 0 Å². The normalized spacial score (nSPS) is 17.3. The van der Waals surface area contributed by atoms with Crippen molar-refractivity contribution in [2.24, 2.45) is 0 Å². The number of carbonyl (C=O) groups is 1. The van der Waals surface area contributed by atoms with Crippen molar-refractivity contribution < 1.29 is 19.0 Å². The van der Waals surface area contributed by atoms with E-state index in [-0.39, 0.29) is 12.7 Å². The van der Waals surface area contributed by atoms with Gasteiger partial charge in [-0.05, 0) is 35.4 Å². The first-order chi connectivity index (χ1) is 12.6. The van der Waals surface area contributed by atoms with E-state index in [1.165, 1.54) is 11.8 Å². The number of fused-ring (bicyclic) bond motifs is 1. The van der Waals surface area contributed by atoms with E-state index in [1.807, 2.05) is 24.3 Å². The van der Waals surface area contributed by atoms with Crippen LogP contribution in [0.25, 0.3) is 6.08 Å². The highest BCUT2D eigenvalue weighted by atomic mass is 32.2. The molecule has 8 heteroatoms. The quantitative estimate of drug-likeness (QED) is 0.591. The van der Waals surface area contributed by atoms with E-state index in [4.69, 9.17) is 26.4 Å². The van der Waals surface area contributed by atoms with Crippen molar-refractivity contribution in [3.05, 3.63) is 52.6 Å². The molecule has 2 aliphatic heterocycles. The lowest BCUT2D eigenvalue weighted by Crippen LogP contribution is -2.27. The molecule has 1 aromatic heterocycles. The van der Waals surface area contributed by atoms with E-state index in [0.29, 0.717) is 33.1 Å². The van der Waals surface area contributed by atoms with E-state index < -0.39 is 0 Å². The van der Waals surface area contributed by atoms with Crippen molar-refractivity contribution in [1.29, 1.82) is 0 Å². The van der Waals surface area contributed by atoms with Gasteiger partial charge in [-0.3, -0.25) is 9.69 Å². The standard InChI is InChI=1S/C18H14N2O4S2/c1-22-16-5-3-11(8-19-16)7-15-17(21)20(18(25)26-15)9-12-2-4-13-14(6-12)24-10-23-13/h2-8H,9-10H2,1H3.